The van der Waals surface area contributed by atoms with Crippen molar-refractivity contribution in [3.8, 4) is 0 Å². The number of urea groups is 1. The summed E-state index contributed by atoms with van der Waals surface area (Å²) in [7, 11) is 0. The van der Waals surface area contributed by atoms with Crippen LogP contribution in [0.1, 0.15) is 23.0 Å². The van der Waals surface area contributed by atoms with Crippen LogP contribution in [0.2, 0.25) is 5.02 Å². The molecule has 0 aliphatic carbocycles. The number of H-pyrrole nitrogens is 1. The van der Waals surface area contributed by atoms with Gasteiger partial charge >= 0.3 is 6.03 Å². The van der Waals surface area contributed by atoms with Gasteiger partial charge in [-0.15, -0.1) is 0 Å². The lowest BCUT2D eigenvalue weighted by molar-refractivity contribution is -0.132. The summed E-state index contributed by atoms with van der Waals surface area (Å²) in [5, 5.41) is 3.61. The van der Waals surface area contributed by atoms with Gasteiger partial charge in [-0.3, -0.25) is 15.0 Å². The van der Waals surface area contributed by atoms with Crippen molar-refractivity contribution in [3.63, 3.8) is 0 Å². The molecule has 7 nitrogen and oxygen atoms in total. The second-order valence-electron chi connectivity index (χ2n) is 5.23. The number of amides is 4. The highest BCUT2D eigenvalue weighted by molar-refractivity contribution is 6.31. The summed E-state index contributed by atoms with van der Waals surface area (Å²) in [4.78, 5) is 39.4. The fourth-order valence-corrected chi connectivity index (χ4v) is 2.53. The van der Waals surface area contributed by atoms with Crippen LogP contribution in [0.15, 0.2) is 42.6 Å². The fraction of sp³-hybridized carbons (Fsp3) is 0.133. The van der Waals surface area contributed by atoms with Crippen molar-refractivity contribution >= 4 is 29.4 Å². The van der Waals surface area contributed by atoms with E-state index in [9.17, 15) is 14.4 Å². The molecule has 2 heterocycles. The van der Waals surface area contributed by atoms with Crippen LogP contribution in [-0.2, 0) is 10.3 Å². The Labute approximate surface area is 136 Å². The number of hydrogen-bond acceptors (Lipinski definition) is 3. The largest absolute Gasteiger partial charge is 0.356 e. The van der Waals surface area contributed by atoms with Gasteiger partial charge in [0.2, 0.25) is 0 Å². The van der Waals surface area contributed by atoms with E-state index in [1.807, 2.05) is 6.07 Å². The number of rotatable bonds is 3. The summed E-state index contributed by atoms with van der Waals surface area (Å²) in [6, 6.07) is 9.49. The van der Waals surface area contributed by atoms with E-state index in [0.29, 0.717) is 15.6 Å². The van der Waals surface area contributed by atoms with E-state index in [4.69, 9.17) is 11.6 Å². The molecule has 1 aliphatic rings. The highest BCUT2D eigenvalue weighted by Gasteiger charge is 2.50. The van der Waals surface area contributed by atoms with Crippen molar-refractivity contribution in [2.24, 2.45) is 0 Å². The number of nitrogens with one attached hydrogen (secondary N) is 3. The first-order chi connectivity index (χ1) is 10.9. The van der Waals surface area contributed by atoms with Crippen molar-refractivity contribution < 1.29 is 14.4 Å². The number of carbonyl (C=O) groups excluding carboxylic acids is 3. The van der Waals surface area contributed by atoms with Crippen LogP contribution in [0.5, 0.6) is 0 Å². The van der Waals surface area contributed by atoms with E-state index in [1.165, 1.54) is 12.3 Å². The molecule has 1 fully saturated rings. The smallest absolute Gasteiger partial charge is 0.344 e. The molecule has 2 aromatic rings. The molecule has 0 spiro atoms. The molecule has 4 amide bonds. The average Bonchev–Trinajstić information content (AvgIpc) is 3.06. The summed E-state index contributed by atoms with van der Waals surface area (Å²) in [5.41, 5.74) is 1.80. The molecule has 3 N–H and O–H groups in total. The van der Waals surface area contributed by atoms with Crippen LogP contribution < -0.4 is 10.7 Å². The van der Waals surface area contributed by atoms with E-state index in [2.05, 4.69) is 15.7 Å². The minimum absolute atomic E-state index is 0.143. The van der Waals surface area contributed by atoms with Crippen molar-refractivity contribution in [3.05, 3.63) is 58.9 Å². The molecule has 118 valence electrons. The topological polar surface area (TPSA) is 94.3 Å². The quantitative estimate of drug-likeness (QED) is 0.748. The predicted octanol–water partition coefficient (Wildman–Crippen LogP) is 1.78. The molecule has 8 heteroatoms. The van der Waals surface area contributed by atoms with Gasteiger partial charge in [0.1, 0.15) is 11.2 Å². The molecular weight excluding hydrogens is 320 g/mol. The van der Waals surface area contributed by atoms with Gasteiger partial charge in [-0.25, -0.2) is 4.79 Å². The van der Waals surface area contributed by atoms with E-state index in [0.717, 1.165) is 0 Å². The third kappa shape index (κ3) is 2.55. The zero-order valence-corrected chi connectivity index (χ0v) is 12.8. The number of imide groups is 1. The van der Waals surface area contributed by atoms with Gasteiger partial charge in [0.05, 0.1) is 5.02 Å². The van der Waals surface area contributed by atoms with E-state index in [1.54, 1.807) is 31.2 Å². The summed E-state index contributed by atoms with van der Waals surface area (Å²) < 4.78 is 0. The molecule has 0 saturated carbocycles. The van der Waals surface area contributed by atoms with Crippen molar-refractivity contribution in [2.45, 2.75) is 12.5 Å². The lowest BCUT2D eigenvalue weighted by Gasteiger charge is -2.21. The monoisotopic (exact) mass is 332 g/mol. The highest BCUT2D eigenvalue weighted by Crippen LogP contribution is 2.27. The number of aromatic nitrogens is 1. The molecule has 3 rings (SSSR count). The molecule has 1 saturated heterocycles. The SMILES string of the molecule is C[C@@]1(c2ccccc2)NC(=O)N(NC(=O)c2cc(Cl)c[nH]2)C1=O. The summed E-state index contributed by atoms with van der Waals surface area (Å²) >= 11 is 5.73. The molecule has 0 unspecified atom stereocenters. The molecule has 1 aromatic carbocycles. The maximum atomic E-state index is 12.6. The van der Waals surface area contributed by atoms with E-state index < -0.39 is 23.4 Å². The predicted molar refractivity (Wildman–Crippen MR) is 82.4 cm³/mol. The summed E-state index contributed by atoms with van der Waals surface area (Å²) in [5.74, 6) is -1.21. The standard InChI is InChI=1S/C15H13ClN4O3/c1-15(9-5-3-2-4-6-9)13(22)20(14(23)18-15)19-12(21)11-7-10(16)8-17-11/h2-8,17H,1H3,(H,18,23)(H,19,21)/t15-/m0/s1. The third-order valence-electron chi connectivity index (χ3n) is 3.65. The Morgan fingerprint density at radius 3 is 2.57 bits per heavy atom. The molecular formula is C15H13ClN4O3. The number of nitrogens with zero attached hydrogens (tertiary/aromatic N) is 1. The number of aromatic amines is 1. The Bertz CT molecular complexity index is 789. The van der Waals surface area contributed by atoms with Gasteiger partial charge in [0, 0.05) is 6.20 Å². The number of halogens is 1. The van der Waals surface area contributed by atoms with Crippen LogP contribution in [0.4, 0.5) is 4.79 Å². The Morgan fingerprint density at radius 1 is 1.26 bits per heavy atom. The molecule has 1 atom stereocenters. The maximum Gasteiger partial charge on any atom is 0.344 e. The zero-order valence-electron chi connectivity index (χ0n) is 12.1. The van der Waals surface area contributed by atoms with Crippen molar-refractivity contribution in [1.82, 2.24) is 20.7 Å². The van der Waals surface area contributed by atoms with Crippen LogP contribution in [-0.4, -0.2) is 27.8 Å². The van der Waals surface area contributed by atoms with Gasteiger partial charge in [0.15, 0.2) is 0 Å². The summed E-state index contributed by atoms with van der Waals surface area (Å²) in [6.45, 7) is 1.58. The van der Waals surface area contributed by atoms with Crippen molar-refractivity contribution in [2.75, 3.05) is 0 Å². The molecule has 0 radical (unpaired) electrons. The summed E-state index contributed by atoms with van der Waals surface area (Å²) in [6.07, 6.45) is 1.43. The van der Waals surface area contributed by atoms with Crippen LogP contribution in [0.25, 0.3) is 0 Å². The Morgan fingerprint density at radius 2 is 1.96 bits per heavy atom. The third-order valence-corrected chi connectivity index (χ3v) is 3.87. The maximum absolute atomic E-state index is 12.6. The first kappa shape index (κ1) is 15.1. The average molecular weight is 333 g/mol. The van der Waals surface area contributed by atoms with Gasteiger partial charge in [-0.2, -0.15) is 5.01 Å². The Hall–Kier alpha value is -2.80. The number of benzene rings is 1. The van der Waals surface area contributed by atoms with Crippen LogP contribution in [0, 0.1) is 0 Å². The minimum Gasteiger partial charge on any atom is -0.356 e. The zero-order chi connectivity index (χ0) is 16.6. The van der Waals surface area contributed by atoms with E-state index in [-0.39, 0.29) is 5.69 Å². The highest BCUT2D eigenvalue weighted by atomic mass is 35.5. The molecule has 0 bridgehead atoms. The van der Waals surface area contributed by atoms with Gasteiger partial charge in [0.25, 0.3) is 11.8 Å². The first-order valence-electron chi connectivity index (χ1n) is 6.79. The molecule has 1 aliphatic heterocycles. The van der Waals surface area contributed by atoms with Crippen molar-refractivity contribution in [1.29, 1.82) is 0 Å². The van der Waals surface area contributed by atoms with Gasteiger partial charge in [-0.05, 0) is 18.6 Å². The Kier molecular flexibility index (Phi) is 3.57. The van der Waals surface area contributed by atoms with Gasteiger partial charge < -0.3 is 10.3 Å². The normalized spacial score (nSPS) is 20.5. The first-order valence-corrected chi connectivity index (χ1v) is 7.17. The molecule has 23 heavy (non-hydrogen) atoms. The van der Waals surface area contributed by atoms with Crippen LogP contribution in [0.3, 0.4) is 0 Å². The molecule has 1 aromatic heterocycles. The Balaban J connectivity index is 1.83. The second-order valence-corrected chi connectivity index (χ2v) is 5.67. The number of carbonyl (C=O) groups is 3. The van der Waals surface area contributed by atoms with E-state index >= 15 is 0 Å². The van der Waals surface area contributed by atoms with Crippen LogP contribution >= 0.6 is 11.6 Å². The minimum atomic E-state index is -1.24. The lowest BCUT2D eigenvalue weighted by Crippen LogP contribution is -2.48. The number of hydrogen-bond donors (Lipinski definition) is 3. The number of hydrazine groups is 1. The fourth-order valence-electron chi connectivity index (χ4n) is 2.37. The second kappa shape index (κ2) is 5.44. The van der Waals surface area contributed by atoms with Gasteiger partial charge in [-0.1, -0.05) is 41.9 Å². The lowest BCUT2D eigenvalue weighted by atomic mass is 9.92.